The van der Waals surface area contributed by atoms with Crippen molar-refractivity contribution in [2.24, 2.45) is 5.92 Å². The van der Waals surface area contributed by atoms with Crippen molar-refractivity contribution >= 4 is 11.9 Å². The second kappa shape index (κ2) is 14.8. The predicted octanol–water partition coefficient (Wildman–Crippen LogP) is 5.02. The quantitative estimate of drug-likeness (QED) is 0.275. The molecule has 3 rings (SSSR count). The van der Waals surface area contributed by atoms with Gasteiger partial charge in [0.15, 0.2) is 0 Å². The van der Waals surface area contributed by atoms with Crippen LogP contribution in [0.15, 0.2) is 59.8 Å². The van der Waals surface area contributed by atoms with Crippen molar-refractivity contribution in [1.29, 1.82) is 0 Å². The molecule has 2 N–H and O–H groups in total. The lowest BCUT2D eigenvalue weighted by atomic mass is 9.96. The van der Waals surface area contributed by atoms with E-state index in [9.17, 15) is 32.7 Å². The number of aryl methyl sites for hydroxylation is 1. The number of carboxylic acids is 1. The first kappa shape index (κ1) is 32.5. The number of carbonyl (C=O) groups is 2. The monoisotopic (exact) mass is 586 g/mol. The van der Waals surface area contributed by atoms with Crippen molar-refractivity contribution < 1.29 is 27.9 Å². The van der Waals surface area contributed by atoms with Gasteiger partial charge >= 0.3 is 5.97 Å². The number of nitrogens with zero attached hydrogens (tertiary/aromatic N) is 3. The average molecular weight is 587 g/mol. The minimum Gasteiger partial charge on any atom is -0.481 e. The number of rotatable bonds is 14. The zero-order valence-electron chi connectivity index (χ0n) is 24.2. The number of hydrogen-bond donors (Lipinski definition) is 2. The summed E-state index contributed by atoms with van der Waals surface area (Å²) in [6.07, 6.45) is 2.19. The summed E-state index contributed by atoms with van der Waals surface area (Å²) < 4.78 is 41.4. The Morgan fingerprint density at radius 2 is 1.88 bits per heavy atom. The van der Waals surface area contributed by atoms with E-state index in [0.29, 0.717) is 40.8 Å². The minimum atomic E-state index is -2.46. The van der Waals surface area contributed by atoms with Crippen LogP contribution in [0.5, 0.6) is 0 Å². The smallest absolute Gasteiger partial charge is 0.305 e. The molecular formula is C31H37F3N4O4. The highest BCUT2D eigenvalue weighted by atomic mass is 19.3. The van der Waals surface area contributed by atoms with Crippen molar-refractivity contribution in [2.75, 3.05) is 20.1 Å². The van der Waals surface area contributed by atoms with E-state index < -0.39 is 48.2 Å². The summed E-state index contributed by atoms with van der Waals surface area (Å²) in [6.45, 7) is 5.49. The van der Waals surface area contributed by atoms with Crippen LogP contribution in [0.1, 0.15) is 55.5 Å². The van der Waals surface area contributed by atoms with Crippen LogP contribution >= 0.6 is 0 Å². The first-order chi connectivity index (χ1) is 19.8. The Bertz CT molecular complexity index is 1420. The van der Waals surface area contributed by atoms with Crippen LogP contribution in [0, 0.1) is 18.7 Å². The molecule has 0 fully saturated rings. The summed E-state index contributed by atoms with van der Waals surface area (Å²) in [4.78, 5) is 44.1. The van der Waals surface area contributed by atoms with E-state index in [2.05, 4.69) is 10.3 Å². The van der Waals surface area contributed by atoms with E-state index in [1.54, 1.807) is 44.4 Å². The highest BCUT2D eigenvalue weighted by molar-refractivity contribution is 5.82. The molecule has 1 amide bonds. The van der Waals surface area contributed by atoms with E-state index in [-0.39, 0.29) is 18.9 Å². The molecule has 0 radical (unpaired) electrons. The maximum absolute atomic E-state index is 14.7. The number of carbonyl (C=O) groups excluding carboxylic acids is 1. The molecule has 42 heavy (non-hydrogen) atoms. The SMILES string of the molecule is Cc1cccc(F)c1-c1cncc([C@H](CC(=O)O)NC(=O)[C@@H](CC(C)C)n2cc(CCN(C)CC(F)F)ccc2=O)c1. The van der Waals surface area contributed by atoms with Crippen molar-refractivity contribution in [1.82, 2.24) is 19.8 Å². The number of aliphatic carboxylic acids is 1. The minimum absolute atomic E-state index is 0.000399. The molecule has 0 bridgehead atoms. The average Bonchev–Trinajstić information content (AvgIpc) is 2.90. The number of halogens is 3. The molecule has 0 aliphatic rings. The van der Waals surface area contributed by atoms with Gasteiger partial charge in [-0.3, -0.25) is 19.4 Å². The first-order valence-electron chi connectivity index (χ1n) is 13.8. The van der Waals surface area contributed by atoms with Crippen LogP contribution in [-0.2, 0) is 16.0 Å². The number of aromatic nitrogens is 2. The van der Waals surface area contributed by atoms with Gasteiger partial charge in [0.2, 0.25) is 5.91 Å². The molecule has 0 spiro atoms. The molecular weight excluding hydrogens is 549 g/mol. The molecule has 2 aromatic heterocycles. The van der Waals surface area contributed by atoms with Gasteiger partial charge in [0.25, 0.3) is 12.0 Å². The molecule has 1 aromatic carbocycles. The molecule has 0 aliphatic carbocycles. The first-order valence-corrected chi connectivity index (χ1v) is 13.8. The number of amides is 1. The van der Waals surface area contributed by atoms with Gasteiger partial charge in [-0.2, -0.15) is 0 Å². The Hall–Kier alpha value is -3.99. The normalized spacial score (nSPS) is 13.0. The topological polar surface area (TPSA) is 105 Å². The third kappa shape index (κ3) is 9.01. The van der Waals surface area contributed by atoms with Gasteiger partial charge in [0.05, 0.1) is 19.0 Å². The third-order valence-corrected chi connectivity index (χ3v) is 6.93. The Morgan fingerprint density at radius 3 is 2.52 bits per heavy atom. The third-order valence-electron chi connectivity index (χ3n) is 6.93. The molecule has 0 aliphatic heterocycles. The Kier molecular flexibility index (Phi) is 11.4. The van der Waals surface area contributed by atoms with Gasteiger partial charge in [-0.05, 0) is 61.6 Å². The number of pyridine rings is 2. The summed E-state index contributed by atoms with van der Waals surface area (Å²) in [5.41, 5.74) is 2.08. The summed E-state index contributed by atoms with van der Waals surface area (Å²) >= 11 is 0. The lowest BCUT2D eigenvalue weighted by Crippen LogP contribution is -2.40. The second-order valence-electron chi connectivity index (χ2n) is 10.9. The van der Waals surface area contributed by atoms with Gasteiger partial charge in [-0.1, -0.05) is 32.0 Å². The Labute approximate surface area is 243 Å². The van der Waals surface area contributed by atoms with Crippen molar-refractivity contribution in [3.05, 3.63) is 87.9 Å². The van der Waals surface area contributed by atoms with E-state index in [1.165, 1.54) is 34.0 Å². The highest BCUT2D eigenvalue weighted by Gasteiger charge is 2.27. The zero-order chi connectivity index (χ0) is 31.0. The van der Waals surface area contributed by atoms with Crippen LogP contribution < -0.4 is 10.9 Å². The fourth-order valence-electron chi connectivity index (χ4n) is 4.86. The number of alkyl halides is 2. The number of hydrogen-bond acceptors (Lipinski definition) is 5. The summed E-state index contributed by atoms with van der Waals surface area (Å²) in [7, 11) is 1.58. The molecule has 11 heteroatoms. The number of likely N-dealkylation sites (N-methyl/N-ethyl adjacent to an activating group) is 1. The summed E-state index contributed by atoms with van der Waals surface area (Å²) in [5.74, 6) is -2.18. The van der Waals surface area contributed by atoms with Gasteiger partial charge in [-0.25, -0.2) is 13.2 Å². The standard InChI is InChI=1S/C31H37F3N4O4/c1-19(2)12-26(38-17-21(8-9-28(38)39)10-11-37(4)18-27(33)34)31(42)36-25(14-29(40)41)22-13-23(16-35-15-22)30-20(3)6-5-7-24(30)32/h5-9,13,15-17,19,25-27H,10-12,14,18H2,1-4H3,(H,36,42)(H,40,41)/t25-,26+/m0/s1. The fourth-order valence-corrected chi connectivity index (χ4v) is 4.86. The van der Waals surface area contributed by atoms with Crippen LogP contribution in [0.4, 0.5) is 13.2 Å². The van der Waals surface area contributed by atoms with Crippen molar-refractivity contribution in [3.63, 3.8) is 0 Å². The van der Waals surface area contributed by atoms with Gasteiger partial charge in [0.1, 0.15) is 11.9 Å². The molecule has 226 valence electrons. The summed E-state index contributed by atoms with van der Waals surface area (Å²) in [6, 6.07) is 7.24. The summed E-state index contributed by atoms with van der Waals surface area (Å²) in [5, 5.41) is 12.4. The van der Waals surface area contributed by atoms with Crippen LogP contribution in [0.2, 0.25) is 0 Å². The predicted molar refractivity (Wildman–Crippen MR) is 154 cm³/mol. The molecule has 2 heterocycles. The van der Waals surface area contributed by atoms with E-state index >= 15 is 0 Å². The maximum atomic E-state index is 14.7. The number of nitrogens with one attached hydrogen (secondary N) is 1. The van der Waals surface area contributed by atoms with Gasteiger partial charge < -0.3 is 19.9 Å². The molecule has 3 aromatic rings. The molecule has 0 saturated carbocycles. The maximum Gasteiger partial charge on any atom is 0.305 e. The zero-order valence-corrected chi connectivity index (χ0v) is 24.2. The Morgan fingerprint density at radius 1 is 1.14 bits per heavy atom. The van der Waals surface area contributed by atoms with Crippen LogP contribution in [0.3, 0.4) is 0 Å². The molecule has 2 atom stereocenters. The number of benzene rings is 1. The lowest BCUT2D eigenvalue weighted by molar-refractivity contribution is -0.138. The fraction of sp³-hybridized carbons (Fsp3) is 0.419. The molecule has 8 nitrogen and oxygen atoms in total. The Balaban J connectivity index is 1.93. The van der Waals surface area contributed by atoms with Gasteiger partial charge in [-0.15, -0.1) is 0 Å². The van der Waals surface area contributed by atoms with E-state index in [4.69, 9.17) is 0 Å². The van der Waals surface area contributed by atoms with E-state index in [0.717, 1.165) is 0 Å². The van der Waals surface area contributed by atoms with Crippen LogP contribution in [0.25, 0.3) is 11.1 Å². The number of carboxylic acid groups (broad SMARTS) is 1. The lowest BCUT2D eigenvalue weighted by Gasteiger charge is -2.25. The van der Waals surface area contributed by atoms with Crippen LogP contribution in [-0.4, -0.2) is 58.0 Å². The second-order valence-corrected chi connectivity index (χ2v) is 10.9. The van der Waals surface area contributed by atoms with Gasteiger partial charge in [0, 0.05) is 42.3 Å². The largest absolute Gasteiger partial charge is 0.481 e. The molecule has 0 saturated heterocycles. The van der Waals surface area contributed by atoms with E-state index in [1.807, 2.05) is 13.8 Å². The van der Waals surface area contributed by atoms with Crippen molar-refractivity contribution in [2.45, 2.75) is 58.5 Å². The highest BCUT2D eigenvalue weighted by Crippen LogP contribution is 2.29. The van der Waals surface area contributed by atoms with Crippen molar-refractivity contribution in [3.8, 4) is 11.1 Å². The molecule has 0 unspecified atom stereocenters.